The van der Waals surface area contributed by atoms with Gasteiger partial charge in [0.25, 0.3) is 5.91 Å². The van der Waals surface area contributed by atoms with Gasteiger partial charge < -0.3 is 10.1 Å². The predicted molar refractivity (Wildman–Crippen MR) is 79.3 cm³/mol. The third-order valence-electron chi connectivity index (χ3n) is 2.47. The minimum atomic E-state index is -0.886. The van der Waals surface area contributed by atoms with Gasteiger partial charge in [-0.05, 0) is 31.2 Å². The maximum Gasteiger partial charge on any atom is 0.349 e. The number of hydrogen-bond acceptors (Lipinski definition) is 4. The number of para-hydroxylation sites is 1. The number of nitrogens with one attached hydrogen (secondary N) is 1. The monoisotopic (exact) mass is 309 g/mol. The molecule has 2 aromatic rings. The van der Waals surface area contributed by atoms with Gasteiger partial charge in [0.2, 0.25) is 0 Å². The molecule has 0 bridgehead atoms. The fourth-order valence-corrected chi connectivity index (χ4v) is 2.39. The zero-order valence-corrected chi connectivity index (χ0v) is 12.2. The van der Waals surface area contributed by atoms with Crippen LogP contribution in [0.25, 0.3) is 0 Å². The molecular weight excluding hydrogens is 298 g/mol. The number of carbonyl (C=O) groups excluding carboxylic acids is 2. The number of anilines is 1. The van der Waals surface area contributed by atoms with Gasteiger partial charge in [-0.1, -0.05) is 29.8 Å². The van der Waals surface area contributed by atoms with E-state index in [1.54, 1.807) is 36.4 Å². The minimum Gasteiger partial charge on any atom is -0.448 e. The van der Waals surface area contributed by atoms with E-state index in [9.17, 15) is 9.59 Å². The molecule has 1 aromatic heterocycles. The summed E-state index contributed by atoms with van der Waals surface area (Å²) >= 11 is 6.86. The fourth-order valence-electron chi connectivity index (χ4n) is 1.46. The zero-order valence-electron chi connectivity index (χ0n) is 10.6. The van der Waals surface area contributed by atoms with Crippen LogP contribution in [0, 0.1) is 0 Å². The number of amides is 1. The number of thiophene rings is 1. The molecule has 1 N–H and O–H groups in total. The normalized spacial score (nSPS) is 11.7. The lowest BCUT2D eigenvalue weighted by molar-refractivity contribution is -0.123. The number of benzene rings is 1. The van der Waals surface area contributed by atoms with Crippen molar-refractivity contribution in [3.8, 4) is 0 Å². The predicted octanol–water partition coefficient (Wildman–Crippen LogP) is 3.59. The van der Waals surface area contributed by atoms with Crippen molar-refractivity contribution in [2.45, 2.75) is 13.0 Å². The van der Waals surface area contributed by atoms with Crippen LogP contribution in [0.4, 0.5) is 5.69 Å². The Hall–Kier alpha value is -1.85. The van der Waals surface area contributed by atoms with Gasteiger partial charge in [-0.2, -0.15) is 0 Å². The molecule has 1 atom stereocenters. The van der Waals surface area contributed by atoms with Gasteiger partial charge in [0.15, 0.2) is 6.10 Å². The highest BCUT2D eigenvalue weighted by molar-refractivity contribution is 7.17. The Labute approximate surface area is 125 Å². The lowest BCUT2D eigenvalue weighted by atomic mass is 10.3. The summed E-state index contributed by atoms with van der Waals surface area (Å²) in [6.45, 7) is 1.52. The molecule has 0 aliphatic rings. The van der Waals surface area contributed by atoms with Crippen molar-refractivity contribution in [1.29, 1.82) is 0 Å². The summed E-state index contributed by atoms with van der Waals surface area (Å²) in [5.74, 6) is -0.940. The first-order valence-electron chi connectivity index (χ1n) is 5.88. The zero-order chi connectivity index (χ0) is 14.5. The van der Waals surface area contributed by atoms with E-state index < -0.39 is 12.1 Å². The number of hydrogen-bond donors (Lipinski definition) is 1. The Bertz CT molecular complexity index is 612. The standard InChI is InChI=1S/C14H12ClNO3S/c1-9(13(17)16-10-5-3-2-4-6-10)19-14(18)11-7-8-12(15)20-11/h2-9H,1H3,(H,16,17). The Balaban J connectivity index is 1.93. The van der Waals surface area contributed by atoms with Crippen LogP contribution in [0.15, 0.2) is 42.5 Å². The average Bonchev–Trinajstić information content (AvgIpc) is 2.86. The van der Waals surface area contributed by atoms with Crippen LogP contribution in [0.1, 0.15) is 16.6 Å². The average molecular weight is 310 g/mol. The molecule has 0 aliphatic carbocycles. The van der Waals surface area contributed by atoms with E-state index >= 15 is 0 Å². The molecule has 20 heavy (non-hydrogen) atoms. The molecular formula is C14H12ClNO3S. The van der Waals surface area contributed by atoms with E-state index in [4.69, 9.17) is 16.3 Å². The van der Waals surface area contributed by atoms with Gasteiger partial charge in [0, 0.05) is 5.69 Å². The van der Waals surface area contributed by atoms with E-state index in [0.717, 1.165) is 11.3 Å². The molecule has 0 radical (unpaired) electrons. The minimum absolute atomic E-state index is 0.370. The van der Waals surface area contributed by atoms with Gasteiger partial charge in [-0.3, -0.25) is 4.79 Å². The molecule has 1 heterocycles. The first-order valence-corrected chi connectivity index (χ1v) is 7.08. The molecule has 4 nitrogen and oxygen atoms in total. The van der Waals surface area contributed by atoms with E-state index in [0.29, 0.717) is 14.9 Å². The third kappa shape index (κ3) is 3.82. The first kappa shape index (κ1) is 14.6. The summed E-state index contributed by atoms with van der Waals surface area (Å²) in [5.41, 5.74) is 0.652. The molecule has 0 spiro atoms. The Morgan fingerprint density at radius 3 is 2.50 bits per heavy atom. The summed E-state index contributed by atoms with van der Waals surface area (Å²) in [4.78, 5) is 24.0. The van der Waals surface area contributed by atoms with Crippen LogP contribution in [0.2, 0.25) is 4.34 Å². The summed E-state index contributed by atoms with van der Waals surface area (Å²) in [6.07, 6.45) is -0.886. The lowest BCUT2D eigenvalue weighted by Gasteiger charge is -2.12. The number of esters is 1. The van der Waals surface area contributed by atoms with Crippen molar-refractivity contribution >= 4 is 40.5 Å². The quantitative estimate of drug-likeness (QED) is 0.878. The van der Waals surface area contributed by atoms with E-state index in [1.807, 2.05) is 6.07 Å². The summed E-state index contributed by atoms with van der Waals surface area (Å²) in [5, 5.41) is 2.66. The summed E-state index contributed by atoms with van der Waals surface area (Å²) in [7, 11) is 0. The SMILES string of the molecule is CC(OC(=O)c1ccc(Cl)s1)C(=O)Nc1ccccc1. The second-order valence-corrected chi connectivity index (χ2v) is 5.72. The van der Waals surface area contributed by atoms with Gasteiger partial charge in [-0.15, -0.1) is 11.3 Å². The highest BCUT2D eigenvalue weighted by Crippen LogP contribution is 2.22. The Morgan fingerprint density at radius 2 is 1.90 bits per heavy atom. The topological polar surface area (TPSA) is 55.4 Å². The lowest BCUT2D eigenvalue weighted by Crippen LogP contribution is -2.29. The van der Waals surface area contributed by atoms with E-state index in [2.05, 4.69) is 5.32 Å². The smallest absolute Gasteiger partial charge is 0.349 e. The first-order chi connectivity index (χ1) is 9.56. The number of rotatable bonds is 4. The molecule has 0 saturated heterocycles. The van der Waals surface area contributed by atoms with Crippen molar-refractivity contribution in [3.63, 3.8) is 0 Å². The van der Waals surface area contributed by atoms with Gasteiger partial charge in [-0.25, -0.2) is 4.79 Å². The van der Waals surface area contributed by atoms with Crippen LogP contribution in [-0.4, -0.2) is 18.0 Å². The van der Waals surface area contributed by atoms with Crippen LogP contribution < -0.4 is 5.32 Å². The van der Waals surface area contributed by atoms with Crippen molar-refractivity contribution < 1.29 is 14.3 Å². The van der Waals surface area contributed by atoms with Gasteiger partial charge in [0.1, 0.15) is 4.88 Å². The molecule has 0 fully saturated rings. The largest absolute Gasteiger partial charge is 0.448 e. The highest BCUT2D eigenvalue weighted by Gasteiger charge is 2.20. The molecule has 2 rings (SSSR count). The van der Waals surface area contributed by atoms with E-state index in [1.165, 1.54) is 6.92 Å². The Morgan fingerprint density at radius 1 is 1.20 bits per heavy atom. The van der Waals surface area contributed by atoms with Crippen molar-refractivity contribution in [2.24, 2.45) is 0 Å². The molecule has 0 saturated carbocycles. The molecule has 104 valence electrons. The van der Waals surface area contributed by atoms with Crippen LogP contribution in [0.5, 0.6) is 0 Å². The molecule has 0 aliphatic heterocycles. The number of halogens is 1. The van der Waals surface area contributed by atoms with Gasteiger partial charge >= 0.3 is 5.97 Å². The van der Waals surface area contributed by atoms with Crippen LogP contribution in [0.3, 0.4) is 0 Å². The number of ether oxygens (including phenoxy) is 1. The molecule has 6 heteroatoms. The Kier molecular flexibility index (Phi) is 4.76. The molecule has 1 aromatic carbocycles. The highest BCUT2D eigenvalue weighted by atomic mass is 35.5. The summed E-state index contributed by atoms with van der Waals surface area (Å²) in [6, 6.07) is 12.1. The van der Waals surface area contributed by atoms with Crippen LogP contribution >= 0.6 is 22.9 Å². The van der Waals surface area contributed by atoms with Gasteiger partial charge in [0.05, 0.1) is 4.34 Å². The van der Waals surface area contributed by atoms with E-state index in [-0.39, 0.29) is 5.91 Å². The number of carbonyl (C=O) groups is 2. The maximum absolute atomic E-state index is 11.9. The van der Waals surface area contributed by atoms with Crippen molar-refractivity contribution in [3.05, 3.63) is 51.7 Å². The maximum atomic E-state index is 11.9. The summed E-state index contributed by atoms with van der Waals surface area (Å²) < 4.78 is 5.58. The second-order valence-electron chi connectivity index (χ2n) is 4.01. The second kappa shape index (κ2) is 6.54. The molecule has 1 amide bonds. The van der Waals surface area contributed by atoms with Crippen LogP contribution in [-0.2, 0) is 9.53 Å². The molecule has 1 unspecified atom stereocenters. The van der Waals surface area contributed by atoms with Crippen molar-refractivity contribution in [2.75, 3.05) is 5.32 Å². The third-order valence-corrected chi connectivity index (χ3v) is 3.68. The fraction of sp³-hybridized carbons (Fsp3) is 0.143. The van der Waals surface area contributed by atoms with Crippen molar-refractivity contribution in [1.82, 2.24) is 0 Å².